The van der Waals surface area contributed by atoms with Gasteiger partial charge < -0.3 is 5.32 Å². The average Bonchev–Trinajstić information content (AvgIpc) is 3.09. The van der Waals surface area contributed by atoms with Gasteiger partial charge in [-0.2, -0.15) is 0 Å². The lowest BCUT2D eigenvalue weighted by atomic mass is 9.70. The van der Waals surface area contributed by atoms with Crippen molar-refractivity contribution in [2.45, 2.75) is 44.9 Å². The number of carbonyl (C=O) groups excluding carboxylic acids is 2. The number of benzene rings is 1. The molecule has 0 aliphatic heterocycles. The third-order valence-electron chi connectivity index (χ3n) is 6.23. The number of anilines is 1. The lowest BCUT2D eigenvalue weighted by molar-refractivity contribution is -0.142. The first-order chi connectivity index (χ1) is 11.9. The van der Waals surface area contributed by atoms with Gasteiger partial charge in [-0.1, -0.05) is 19.9 Å². The molecule has 2 atom stereocenters. The maximum atomic E-state index is 13.0. The van der Waals surface area contributed by atoms with Crippen molar-refractivity contribution in [2.75, 3.05) is 19.4 Å². The Kier molecular flexibility index (Phi) is 4.31. The maximum absolute atomic E-state index is 13.0. The summed E-state index contributed by atoms with van der Waals surface area (Å²) in [7, 11) is -0.672. The molecular formula is C19H26N2O4S. The van der Waals surface area contributed by atoms with E-state index in [1.54, 1.807) is 13.0 Å². The van der Waals surface area contributed by atoms with Crippen molar-refractivity contribution in [3.63, 3.8) is 0 Å². The van der Waals surface area contributed by atoms with Crippen molar-refractivity contribution in [3.8, 4) is 0 Å². The monoisotopic (exact) mass is 378 g/mol. The number of rotatable bonds is 4. The molecule has 142 valence electrons. The summed E-state index contributed by atoms with van der Waals surface area (Å²) in [5.74, 6) is -0.0613. The zero-order valence-corrected chi connectivity index (χ0v) is 16.7. The van der Waals surface area contributed by atoms with Crippen LogP contribution in [0.1, 0.15) is 38.7 Å². The van der Waals surface area contributed by atoms with E-state index in [4.69, 9.17) is 0 Å². The summed E-state index contributed by atoms with van der Waals surface area (Å²) in [5, 5.41) is 2.85. The van der Waals surface area contributed by atoms with Crippen molar-refractivity contribution in [3.05, 3.63) is 23.8 Å². The zero-order valence-electron chi connectivity index (χ0n) is 15.9. The normalized spacial score (nSPS) is 27.2. The molecule has 1 aromatic rings. The number of Topliss-reactive ketones (excluding diaryl/α,β-unsaturated/α-hetero) is 1. The molecule has 1 aromatic carbocycles. The first-order valence-electron chi connectivity index (χ1n) is 8.82. The molecule has 2 saturated carbocycles. The highest BCUT2D eigenvalue weighted by molar-refractivity contribution is 7.89. The summed E-state index contributed by atoms with van der Waals surface area (Å²) < 4.78 is 25.9. The van der Waals surface area contributed by atoms with E-state index in [0.717, 1.165) is 16.3 Å². The summed E-state index contributed by atoms with van der Waals surface area (Å²) in [5.41, 5.74) is -0.252. The van der Waals surface area contributed by atoms with Gasteiger partial charge in [0.05, 0.1) is 4.90 Å². The van der Waals surface area contributed by atoms with Crippen LogP contribution < -0.4 is 5.32 Å². The number of sulfonamides is 1. The van der Waals surface area contributed by atoms with Crippen LogP contribution in [0.5, 0.6) is 0 Å². The van der Waals surface area contributed by atoms with E-state index in [2.05, 4.69) is 5.32 Å². The van der Waals surface area contributed by atoms with Gasteiger partial charge in [0.25, 0.3) is 0 Å². The van der Waals surface area contributed by atoms with Crippen LogP contribution in [0.3, 0.4) is 0 Å². The standard InChI is InChI=1S/C19H26N2O4S/c1-12-6-7-14(26(24,25)21(4)5)10-15(12)20-17(23)19-9-8-13(11-19)18(2,3)16(19)22/h6-7,10,13H,8-9,11H2,1-5H3,(H,20,23). The van der Waals surface area contributed by atoms with Crippen molar-refractivity contribution < 1.29 is 18.0 Å². The van der Waals surface area contributed by atoms with E-state index >= 15 is 0 Å². The molecular weight excluding hydrogens is 352 g/mol. The number of nitrogens with one attached hydrogen (secondary N) is 1. The summed E-state index contributed by atoms with van der Waals surface area (Å²) >= 11 is 0. The number of aryl methyl sites for hydroxylation is 1. The average molecular weight is 378 g/mol. The van der Waals surface area contributed by atoms with Gasteiger partial charge in [-0.15, -0.1) is 0 Å². The maximum Gasteiger partial charge on any atom is 0.242 e. The second kappa shape index (κ2) is 5.89. The summed E-state index contributed by atoms with van der Waals surface area (Å²) in [6, 6.07) is 4.66. The SMILES string of the molecule is Cc1ccc(S(=O)(=O)N(C)C)cc1NC(=O)C12CCC(C1)C(C)(C)C2=O. The smallest absolute Gasteiger partial charge is 0.242 e. The molecule has 2 aliphatic rings. The van der Waals surface area contributed by atoms with E-state index in [1.165, 1.54) is 26.2 Å². The van der Waals surface area contributed by atoms with Crippen molar-refractivity contribution >= 4 is 27.4 Å². The van der Waals surface area contributed by atoms with Gasteiger partial charge in [0.1, 0.15) is 5.41 Å². The predicted octanol–water partition coefficient (Wildman–Crippen LogP) is 2.58. The Morgan fingerprint density at radius 3 is 2.46 bits per heavy atom. The van der Waals surface area contributed by atoms with E-state index in [-0.39, 0.29) is 22.5 Å². The molecule has 2 bridgehead atoms. The van der Waals surface area contributed by atoms with Crippen LogP contribution in [0.2, 0.25) is 0 Å². The van der Waals surface area contributed by atoms with Gasteiger partial charge in [-0.3, -0.25) is 9.59 Å². The van der Waals surface area contributed by atoms with Gasteiger partial charge in [0, 0.05) is 25.2 Å². The van der Waals surface area contributed by atoms with Gasteiger partial charge in [0.2, 0.25) is 15.9 Å². The lowest BCUT2D eigenvalue weighted by Gasteiger charge is -2.32. The highest BCUT2D eigenvalue weighted by atomic mass is 32.2. The minimum absolute atomic E-state index is 0.00784. The third-order valence-corrected chi connectivity index (χ3v) is 8.04. The van der Waals surface area contributed by atoms with E-state index in [0.29, 0.717) is 18.5 Å². The van der Waals surface area contributed by atoms with Gasteiger partial charge in [-0.25, -0.2) is 12.7 Å². The van der Waals surface area contributed by atoms with E-state index in [9.17, 15) is 18.0 Å². The number of amides is 1. The highest BCUT2D eigenvalue weighted by Crippen LogP contribution is 2.60. The highest BCUT2D eigenvalue weighted by Gasteiger charge is 2.65. The quantitative estimate of drug-likeness (QED) is 0.816. The first kappa shape index (κ1) is 19.0. The molecule has 2 fully saturated rings. The molecule has 0 heterocycles. The van der Waals surface area contributed by atoms with Crippen LogP contribution in [0.25, 0.3) is 0 Å². The first-order valence-corrected chi connectivity index (χ1v) is 10.3. The van der Waals surface area contributed by atoms with Crippen molar-refractivity contribution in [1.82, 2.24) is 4.31 Å². The molecule has 26 heavy (non-hydrogen) atoms. The Balaban J connectivity index is 1.93. The lowest BCUT2D eigenvalue weighted by Crippen LogP contribution is -2.44. The zero-order chi connectivity index (χ0) is 19.5. The van der Waals surface area contributed by atoms with E-state index in [1.807, 2.05) is 13.8 Å². The number of ketones is 1. The fourth-order valence-electron chi connectivity index (χ4n) is 4.33. The molecule has 1 N–H and O–H groups in total. The summed E-state index contributed by atoms with van der Waals surface area (Å²) in [6.07, 6.45) is 2.03. The number of carbonyl (C=O) groups is 2. The Morgan fingerprint density at radius 2 is 1.92 bits per heavy atom. The number of hydrogen-bond donors (Lipinski definition) is 1. The van der Waals surface area contributed by atoms with Gasteiger partial charge in [-0.05, 0) is 49.8 Å². The molecule has 6 nitrogen and oxygen atoms in total. The van der Waals surface area contributed by atoms with Gasteiger partial charge in [0.15, 0.2) is 5.78 Å². The molecule has 7 heteroatoms. The van der Waals surface area contributed by atoms with Gasteiger partial charge >= 0.3 is 0 Å². The Bertz CT molecular complexity index is 889. The fraction of sp³-hybridized carbons (Fsp3) is 0.579. The minimum Gasteiger partial charge on any atom is -0.325 e. The fourth-order valence-corrected chi connectivity index (χ4v) is 5.26. The molecule has 0 spiro atoms. The summed E-state index contributed by atoms with van der Waals surface area (Å²) in [6.45, 7) is 5.64. The van der Waals surface area contributed by atoms with Crippen LogP contribution in [-0.4, -0.2) is 38.5 Å². The van der Waals surface area contributed by atoms with Crippen molar-refractivity contribution in [1.29, 1.82) is 0 Å². The molecule has 1 amide bonds. The molecule has 0 aromatic heterocycles. The topological polar surface area (TPSA) is 83.6 Å². The van der Waals surface area contributed by atoms with Crippen LogP contribution in [0.4, 0.5) is 5.69 Å². The second-order valence-electron chi connectivity index (χ2n) is 8.29. The third kappa shape index (κ3) is 2.60. The van der Waals surface area contributed by atoms with Crippen LogP contribution in [-0.2, 0) is 19.6 Å². The minimum atomic E-state index is -3.60. The molecule has 2 unspecified atom stereocenters. The van der Waals surface area contributed by atoms with Crippen LogP contribution in [0.15, 0.2) is 23.1 Å². The van der Waals surface area contributed by atoms with Crippen LogP contribution >= 0.6 is 0 Å². The molecule has 2 aliphatic carbocycles. The molecule has 0 saturated heterocycles. The predicted molar refractivity (Wildman–Crippen MR) is 99.2 cm³/mol. The van der Waals surface area contributed by atoms with Crippen LogP contribution in [0, 0.1) is 23.7 Å². The Labute approximate surface area is 155 Å². The Morgan fingerprint density at radius 1 is 1.27 bits per heavy atom. The Hall–Kier alpha value is -1.73. The number of hydrogen-bond acceptors (Lipinski definition) is 4. The molecule has 3 rings (SSSR count). The molecule has 0 radical (unpaired) electrons. The second-order valence-corrected chi connectivity index (χ2v) is 10.4. The summed E-state index contributed by atoms with van der Waals surface area (Å²) in [4.78, 5) is 26.0. The number of fused-ring (bicyclic) bond motifs is 2. The number of nitrogens with zero attached hydrogens (tertiary/aromatic N) is 1. The largest absolute Gasteiger partial charge is 0.325 e. The van der Waals surface area contributed by atoms with E-state index < -0.39 is 20.9 Å². The van der Waals surface area contributed by atoms with Crippen molar-refractivity contribution in [2.24, 2.45) is 16.7 Å².